The molecule has 2 rings (SSSR count). The first-order valence-corrected chi connectivity index (χ1v) is 5.95. The number of carbonyl (C=O) groups excluding carboxylic acids is 1. The van der Waals surface area contributed by atoms with Crippen LogP contribution in [0.15, 0.2) is 42.6 Å². The lowest BCUT2D eigenvalue weighted by Gasteiger charge is -2.07. The van der Waals surface area contributed by atoms with Crippen LogP contribution >= 0.6 is 0 Å². The Morgan fingerprint density at radius 1 is 1.21 bits per heavy atom. The van der Waals surface area contributed by atoms with E-state index in [0.29, 0.717) is 17.9 Å². The van der Waals surface area contributed by atoms with Crippen molar-refractivity contribution in [1.82, 2.24) is 10.3 Å². The molecule has 2 aromatic rings. The Morgan fingerprint density at radius 2 is 2.05 bits per heavy atom. The van der Waals surface area contributed by atoms with Crippen molar-refractivity contribution < 1.29 is 4.79 Å². The summed E-state index contributed by atoms with van der Waals surface area (Å²) in [5.41, 5.74) is 14.1. The summed E-state index contributed by atoms with van der Waals surface area (Å²) in [6.45, 7) is 0.411. The van der Waals surface area contributed by atoms with Gasteiger partial charge in [0, 0.05) is 17.6 Å². The SMILES string of the molecule is Nc1ccc(CC(=O)NCc2ccccn2)c(N)c1. The number of nitrogens with zero attached hydrogens (tertiary/aromatic N) is 1. The monoisotopic (exact) mass is 256 g/mol. The van der Waals surface area contributed by atoms with Crippen molar-refractivity contribution in [2.45, 2.75) is 13.0 Å². The first-order valence-electron chi connectivity index (χ1n) is 5.95. The van der Waals surface area contributed by atoms with Gasteiger partial charge in [-0.2, -0.15) is 0 Å². The number of benzene rings is 1. The van der Waals surface area contributed by atoms with Crippen LogP contribution in [0.4, 0.5) is 11.4 Å². The van der Waals surface area contributed by atoms with E-state index in [9.17, 15) is 4.79 Å². The van der Waals surface area contributed by atoms with Gasteiger partial charge in [0.25, 0.3) is 0 Å². The fourth-order valence-corrected chi connectivity index (χ4v) is 1.70. The molecule has 0 fully saturated rings. The second-order valence-electron chi connectivity index (χ2n) is 4.23. The van der Waals surface area contributed by atoms with Crippen LogP contribution in [0.5, 0.6) is 0 Å². The van der Waals surface area contributed by atoms with E-state index in [4.69, 9.17) is 11.5 Å². The third-order valence-electron chi connectivity index (χ3n) is 2.71. The molecule has 1 aromatic heterocycles. The van der Waals surface area contributed by atoms with E-state index in [1.54, 1.807) is 24.4 Å². The third-order valence-corrected chi connectivity index (χ3v) is 2.71. The lowest BCUT2D eigenvalue weighted by molar-refractivity contribution is -0.120. The summed E-state index contributed by atoms with van der Waals surface area (Å²) >= 11 is 0. The van der Waals surface area contributed by atoms with Crippen LogP contribution in [0.2, 0.25) is 0 Å². The zero-order valence-electron chi connectivity index (χ0n) is 10.5. The van der Waals surface area contributed by atoms with Crippen LogP contribution in [-0.4, -0.2) is 10.9 Å². The fourth-order valence-electron chi connectivity index (χ4n) is 1.70. The molecule has 0 aliphatic rings. The number of pyridine rings is 1. The van der Waals surface area contributed by atoms with Gasteiger partial charge in [-0.3, -0.25) is 9.78 Å². The minimum Gasteiger partial charge on any atom is -0.399 e. The Bertz CT molecular complexity index is 569. The number of anilines is 2. The van der Waals surface area contributed by atoms with Gasteiger partial charge < -0.3 is 16.8 Å². The molecule has 0 saturated carbocycles. The maximum atomic E-state index is 11.8. The molecular weight excluding hydrogens is 240 g/mol. The molecular formula is C14H16N4O. The minimum absolute atomic E-state index is 0.0953. The Balaban J connectivity index is 1.91. The van der Waals surface area contributed by atoms with Crippen LogP contribution in [-0.2, 0) is 17.8 Å². The molecule has 0 bridgehead atoms. The van der Waals surface area contributed by atoms with Gasteiger partial charge in [0.1, 0.15) is 0 Å². The summed E-state index contributed by atoms with van der Waals surface area (Å²) in [5, 5.41) is 2.80. The Morgan fingerprint density at radius 3 is 2.74 bits per heavy atom. The highest BCUT2D eigenvalue weighted by Crippen LogP contribution is 2.16. The smallest absolute Gasteiger partial charge is 0.224 e. The standard InChI is InChI=1S/C14H16N4O/c15-11-5-4-10(13(16)8-11)7-14(19)18-9-12-3-1-2-6-17-12/h1-6,8H,7,9,15-16H2,(H,18,19). The molecule has 1 amide bonds. The second kappa shape index (κ2) is 5.86. The summed E-state index contributed by atoms with van der Waals surface area (Å²) in [6.07, 6.45) is 1.93. The van der Waals surface area contributed by atoms with E-state index in [0.717, 1.165) is 11.3 Å². The van der Waals surface area contributed by atoms with E-state index < -0.39 is 0 Å². The molecule has 0 aliphatic heterocycles. The third kappa shape index (κ3) is 3.70. The maximum absolute atomic E-state index is 11.8. The molecule has 0 aliphatic carbocycles. The molecule has 5 nitrogen and oxygen atoms in total. The second-order valence-corrected chi connectivity index (χ2v) is 4.23. The number of nitrogens with one attached hydrogen (secondary N) is 1. The lowest BCUT2D eigenvalue weighted by Crippen LogP contribution is -2.25. The minimum atomic E-state index is -0.0953. The van der Waals surface area contributed by atoms with Crippen LogP contribution in [0.3, 0.4) is 0 Å². The zero-order chi connectivity index (χ0) is 13.7. The molecule has 1 heterocycles. The van der Waals surface area contributed by atoms with Crippen molar-refractivity contribution in [3.8, 4) is 0 Å². The van der Waals surface area contributed by atoms with Crippen molar-refractivity contribution in [2.24, 2.45) is 0 Å². The molecule has 1 aromatic carbocycles. The van der Waals surface area contributed by atoms with Gasteiger partial charge >= 0.3 is 0 Å². The van der Waals surface area contributed by atoms with Crippen LogP contribution in [0, 0.1) is 0 Å². The number of nitrogen functional groups attached to an aromatic ring is 2. The van der Waals surface area contributed by atoms with Crippen molar-refractivity contribution in [1.29, 1.82) is 0 Å². The van der Waals surface area contributed by atoms with Crippen molar-refractivity contribution in [2.75, 3.05) is 11.5 Å². The molecule has 0 atom stereocenters. The van der Waals surface area contributed by atoms with Crippen molar-refractivity contribution in [3.05, 3.63) is 53.9 Å². The maximum Gasteiger partial charge on any atom is 0.224 e. The summed E-state index contributed by atoms with van der Waals surface area (Å²) in [5.74, 6) is -0.0953. The number of amides is 1. The van der Waals surface area contributed by atoms with Crippen LogP contribution in [0.25, 0.3) is 0 Å². The Labute approximate surface area is 111 Å². The normalized spacial score (nSPS) is 10.1. The average molecular weight is 256 g/mol. The summed E-state index contributed by atoms with van der Waals surface area (Å²) < 4.78 is 0. The van der Waals surface area contributed by atoms with Crippen molar-refractivity contribution >= 4 is 17.3 Å². The van der Waals surface area contributed by atoms with Gasteiger partial charge in [-0.15, -0.1) is 0 Å². The Hall–Kier alpha value is -2.56. The van der Waals surface area contributed by atoms with Crippen molar-refractivity contribution in [3.63, 3.8) is 0 Å². The highest BCUT2D eigenvalue weighted by atomic mass is 16.1. The predicted octanol–water partition coefficient (Wildman–Crippen LogP) is 1.10. The van der Waals surface area contributed by atoms with Crippen LogP contribution < -0.4 is 16.8 Å². The van der Waals surface area contributed by atoms with Gasteiger partial charge in [-0.1, -0.05) is 12.1 Å². The predicted molar refractivity (Wildman–Crippen MR) is 75.1 cm³/mol. The number of carbonyl (C=O) groups is 1. The molecule has 0 saturated heterocycles. The van der Waals surface area contributed by atoms with Gasteiger partial charge in [-0.25, -0.2) is 0 Å². The van der Waals surface area contributed by atoms with Gasteiger partial charge in [-0.05, 0) is 29.8 Å². The summed E-state index contributed by atoms with van der Waals surface area (Å²) in [6, 6.07) is 10.7. The summed E-state index contributed by atoms with van der Waals surface area (Å²) in [4.78, 5) is 15.9. The number of aromatic nitrogens is 1. The molecule has 0 spiro atoms. The highest BCUT2D eigenvalue weighted by molar-refractivity contribution is 5.80. The van der Waals surface area contributed by atoms with Crippen LogP contribution in [0.1, 0.15) is 11.3 Å². The summed E-state index contributed by atoms with van der Waals surface area (Å²) in [7, 11) is 0. The molecule has 19 heavy (non-hydrogen) atoms. The van der Waals surface area contributed by atoms with Gasteiger partial charge in [0.05, 0.1) is 18.7 Å². The number of hydrogen-bond donors (Lipinski definition) is 3. The van der Waals surface area contributed by atoms with E-state index in [-0.39, 0.29) is 12.3 Å². The first-order chi connectivity index (χ1) is 9.15. The first kappa shape index (κ1) is 12.9. The van der Waals surface area contributed by atoms with Gasteiger partial charge in [0.2, 0.25) is 5.91 Å². The zero-order valence-corrected chi connectivity index (χ0v) is 10.5. The number of hydrogen-bond acceptors (Lipinski definition) is 4. The highest BCUT2D eigenvalue weighted by Gasteiger charge is 2.06. The molecule has 98 valence electrons. The molecule has 0 unspecified atom stereocenters. The lowest BCUT2D eigenvalue weighted by atomic mass is 10.1. The van der Waals surface area contributed by atoms with E-state index >= 15 is 0 Å². The number of nitrogens with two attached hydrogens (primary N) is 2. The van der Waals surface area contributed by atoms with E-state index in [2.05, 4.69) is 10.3 Å². The molecule has 5 N–H and O–H groups in total. The Kier molecular flexibility index (Phi) is 3.97. The fraction of sp³-hybridized carbons (Fsp3) is 0.143. The van der Waals surface area contributed by atoms with Gasteiger partial charge in [0.15, 0.2) is 0 Å². The largest absolute Gasteiger partial charge is 0.399 e. The quantitative estimate of drug-likeness (QED) is 0.714. The average Bonchev–Trinajstić information content (AvgIpc) is 2.41. The molecule has 5 heteroatoms. The van der Waals surface area contributed by atoms with E-state index in [1.807, 2.05) is 18.2 Å². The van der Waals surface area contributed by atoms with E-state index in [1.165, 1.54) is 0 Å². The topological polar surface area (TPSA) is 94.0 Å². The number of rotatable bonds is 4. The molecule has 0 radical (unpaired) electrons.